The highest BCUT2D eigenvalue weighted by atomic mass is 35.5. The molecule has 1 aliphatic rings. The molecule has 2 aromatic carbocycles. The average molecular weight is 352 g/mol. The van der Waals surface area contributed by atoms with Crippen molar-refractivity contribution in [1.29, 1.82) is 0 Å². The molecule has 0 saturated carbocycles. The molecule has 0 spiro atoms. The summed E-state index contributed by atoms with van der Waals surface area (Å²) in [6, 6.07) is 12.6. The zero-order chi connectivity index (χ0) is 16.2. The number of fused-ring (bicyclic) bond motifs is 1. The Morgan fingerprint density at radius 3 is 2.74 bits per heavy atom. The zero-order valence-corrected chi connectivity index (χ0v) is 13.7. The highest BCUT2D eigenvalue weighted by Crippen LogP contribution is 2.30. The maximum atomic E-state index is 12.0. The van der Waals surface area contributed by atoms with Crippen LogP contribution < -0.4 is 14.8 Å². The molecule has 1 amide bonds. The predicted molar refractivity (Wildman–Crippen MR) is 89.5 cm³/mol. The first-order chi connectivity index (χ1) is 11.1. The second kappa shape index (κ2) is 7.11. The zero-order valence-electron chi connectivity index (χ0n) is 12.2. The molecule has 1 N–H and O–H groups in total. The molecule has 0 radical (unpaired) electrons. The van der Waals surface area contributed by atoms with Gasteiger partial charge in [-0.2, -0.15) is 0 Å². The number of amides is 1. The number of halogens is 2. The van der Waals surface area contributed by atoms with Crippen LogP contribution >= 0.6 is 23.2 Å². The number of nitrogens with one attached hydrogen (secondary N) is 1. The van der Waals surface area contributed by atoms with Gasteiger partial charge in [-0.05, 0) is 29.8 Å². The maximum absolute atomic E-state index is 12.0. The topological polar surface area (TPSA) is 47.6 Å². The van der Waals surface area contributed by atoms with E-state index < -0.39 is 0 Å². The van der Waals surface area contributed by atoms with Crippen LogP contribution in [0.5, 0.6) is 11.5 Å². The highest BCUT2D eigenvalue weighted by molar-refractivity contribution is 6.35. The van der Waals surface area contributed by atoms with Crippen LogP contribution in [0, 0.1) is 0 Å². The summed E-state index contributed by atoms with van der Waals surface area (Å²) in [5.41, 5.74) is 0.736. The molecule has 0 saturated heterocycles. The van der Waals surface area contributed by atoms with E-state index in [1.807, 2.05) is 24.3 Å². The first-order valence-corrected chi connectivity index (χ1v) is 7.96. The van der Waals surface area contributed by atoms with Crippen molar-refractivity contribution in [3.63, 3.8) is 0 Å². The van der Waals surface area contributed by atoms with Crippen LogP contribution in [-0.2, 0) is 11.2 Å². The fourth-order valence-corrected chi connectivity index (χ4v) is 2.77. The third-order valence-electron chi connectivity index (χ3n) is 3.46. The minimum atomic E-state index is -0.213. The van der Waals surface area contributed by atoms with E-state index in [0.717, 1.165) is 11.3 Å². The second-order valence-electron chi connectivity index (χ2n) is 5.21. The molecular weight excluding hydrogens is 337 g/mol. The van der Waals surface area contributed by atoms with Crippen LogP contribution in [0.1, 0.15) is 5.56 Å². The van der Waals surface area contributed by atoms with E-state index in [2.05, 4.69) is 5.32 Å². The van der Waals surface area contributed by atoms with Gasteiger partial charge in [0.25, 0.3) is 0 Å². The summed E-state index contributed by atoms with van der Waals surface area (Å²) in [5.74, 6) is 1.29. The van der Waals surface area contributed by atoms with Gasteiger partial charge in [-0.25, -0.2) is 0 Å². The standard InChI is InChI=1S/C17H15Cl2NO3/c18-12-6-5-11(14(19)8-12)7-17(21)20-9-13-10-22-15-3-1-2-4-16(15)23-13/h1-6,8,13H,7,9-10H2,(H,20,21)/t13-/m0/s1. The Morgan fingerprint density at radius 2 is 1.96 bits per heavy atom. The van der Waals surface area contributed by atoms with E-state index in [-0.39, 0.29) is 18.4 Å². The number of hydrogen-bond donors (Lipinski definition) is 1. The lowest BCUT2D eigenvalue weighted by atomic mass is 10.1. The van der Waals surface area contributed by atoms with Crippen LogP contribution in [0.3, 0.4) is 0 Å². The molecular formula is C17H15Cl2NO3. The normalized spacial score (nSPS) is 16.0. The van der Waals surface area contributed by atoms with Crippen LogP contribution in [0.2, 0.25) is 10.0 Å². The predicted octanol–water partition coefficient (Wildman–Crippen LogP) is 3.49. The van der Waals surface area contributed by atoms with Gasteiger partial charge in [-0.1, -0.05) is 41.4 Å². The maximum Gasteiger partial charge on any atom is 0.224 e. The molecule has 1 heterocycles. The van der Waals surface area contributed by atoms with E-state index in [1.165, 1.54) is 0 Å². The fraction of sp³-hybridized carbons (Fsp3) is 0.235. The quantitative estimate of drug-likeness (QED) is 0.916. The van der Waals surface area contributed by atoms with Crippen molar-refractivity contribution < 1.29 is 14.3 Å². The monoisotopic (exact) mass is 351 g/mol. The molecule has 4 nitrogen and oxygen atoms in total. The highest BCUT2D eigenvalue weighted by Gasteiger charge is 2.21. The van der Waals surface area contributed by atoms with Gasteiger partial charge in [0, 0.05) is 10.0 Å². The van der Waals surface area contributed by atoms with Crippen molar-refractivity contribution in [1.82, 2.24) is 5.32 Å². The lowest BCUT2D eigenvalue weighted by molar-refractivity contribution is -0.120. The Hall–Kier alpha value is -1.91. The third-order valence-corrected chi connectivity index (χ3v) is 4.05. The summed E-state index contributed by atoms with van der Waals surface area (Å²) < 4.78 is 11.4. The number of para-hydroxylation sites is 2. The van der Waals surface area contributed by atoms with Crippen LogP contribution in [0.15, 0.2) is 42.5 Å². The summed E-state index contributed by atoms with van der Waals surface area (Å²) in [7, 11) is 0. The Morgan fingerprint density at radius 1 is 1.17 bits per heavy atom. The number of ether oxygens (including phenoxy) is 2. The van der Waals surface area contributed by atoms with E-state index >= 15 is 0 Å². The number of carbonyl (C=O) groups is 1. The van der Waals surface area contributed by atoms with E-state index in [9.17, 15) is 4.79 Å². The smallest absolute Gasteiger partial charge is 0.224 e. The van der Waals surface area contributed by atoms with Crippen LogP contribution in [0.25, 0.3) is 0 Å². The van der Waals surface area contributed by atoms with E-state index in [1.54, 1.807) is 18.2 Å². The van der Waals surface area contributed by atoms with E-state index in [0.29, 0.717) is 28.9 Å². The van der Waals surface area contributed by atoms with Gasteiger partial charge in [0.1, 0.15) is 12.7 Å². The summed E-state index contributed by atoms with van der Waals surface area (Å²) in [5, 5.41) is 3.87. The summed E-state index contributed by atoms with van der Waals surface area (Å²) in [6.07, 6.45) is -0.0188. The lowest BCUT2D eigenvalue weighted by Crippen LogP contribution is -2.41. The van der Waals surface area contributed by atoms with Crippen LogP contribution in [0.4, 0.5) is 0 Å². The first-order valence-electron chi connectivity index (χ1n) is 7.21. The molecule has 0 unspecified atom stereocenters. The van der Waals surface area contributed by atoms with Gasteiger partial charge in [-0.3, -0.25) is 4.79 Å². The van der Waals surface area contributed by atoms with Gasteiger partial charge < -0.3 is 14.8 Å². The van der Waals surface area contributed by atoms with Gasteiger partial charge in [-0.15, -0.1) is 0 Å². The molecule has 6 heteroatoms. The minimum Gasteiger partial charge on any atom is -0.486 e. The molecule has 0 bridgehead atoms. The Bertz CT molecular complexity index is 721. The number of carbonyl (C=O) groups excluding carboxylic acids is 1. The second-order valence-corrected chi connectivity index (χ2v) is 6.06. The average Bonchev–Trinajstić information content (AvgIpc) is 2.55. The Labute approximate surface area is 144 Å². The van der Waals surface area contributed by atoms with E-state index in [4.69, 9.17) is 32.7 Å². The van der Waals surface area contributed by atoms with Crippen molar-refractivity contribution in [2.24, 2.45) is 0 Å². The number of rotatable bonds is 4. The van der Waals surface area contributed by atoms with Crippen molar-refractivity contribution in [2.45, 2.75) is 12.5 Å². The van der Waals surface area contributed by atoms with Gasteiger partial charge in [0.15, 0.2) is 11.5 Å². The fourth-order valence-electron chi connectivity index (χ4n) is 2.29. The summed E-state index contributed by atoms with van der Waals surface area (Å²) >= 11 is 11.9. The van der Waals surface area contributed by atoms with Gasteiger partial charge in [0.2, 0.25) is 5.91 Å². The molecule has 23 heavy (non-hydrogen) atoms. The number of hydrogen-bond acceptors (Lipinski definition) is 3. The van der Waals surface area contributed by atoms with Gasteiger partial charge in [0.05, 0.1) is 13.0 Å². The van der Waals surface area contributed by atoms with Crippen molar-refractivity contribution in [3.8, 4) is 11.5 Å². The Balaban J connectivity index is 1.52. The molecule has 2 aromatic rings. The van der Waals surface area contributed by atoms with Crippen molar-refractivity contribution in [2.75, 3.05) is 13.2 Å². The molecule has 1 aliphatic heterocycles. The summed E-state index contributed by atoms with van der Waals surface area (Å²) in [4.78, 5) is 12.0. The lowest BCUT2D eigenvalue weighted by Gasteiger charge is -2.26. The van der Waals surface area contributed by atoms with Crippen LogP contribution in [-0.4, -0.2) is 25.2 Å². The molecule has 1 atom stereocenters. The molecule has 3 rings (SSSR count). The molecule has 0 aromatic heterocycles. The molecule has 120 valence electrons. The first kappa shape index (κ1) is 16.0. The summed E-state index contributed by atoms with van der Waals surface area (Å²) in [6.45, 7) is 0.775. The largest absolute Gasteiger partial charge is 0.486 e. The third kappa shape index (κ3) is 4.09. The SMILES string of the molecule is O=C(Cc1ccc(Cl)cc1Cl)NC[C@H]1COc2ccccc2O1. The minimum absolute atomic E-state index is 0.128. The van der Waals surface area contributed by atoms with Gasteiger partial charge >= 0.3 is 0 Å². The molecule has 0 fully saturated rings. The molecule has 0 aliphatic carbocycles. The Kier molecular flexibility index (Phi) is 4.94. The number of benzene rings is 2. The van der Waals surface area contributed by atoms with Crippen molar-refractivity contribution >= 4 is 29.1 Å². The van der Waals surface area contributed by atoms with Crippen molar-refractivity contribution in [3.05, 3.63) is 58.1 Å².